The fraction of sp³-hybridized carbons (Fsp3) is 0.320. The minimum absolute atomic E-state index is 0.0221. The van der Waals surface area contributed by atoms with E-state index in [4.69, 9.17) is 21.1 Å². The van der Waals surface area contributed by atoms with Gasteiger partial charge in [-0.05, 0) is 91.9 Å². The molecule has 0 amide bonds. The third-order valence-electron chi connectivity index (χ3n) is 4.83. The van der Waals surface area contributed by atoms with Gasteiger partial charge in [0, 0.05) is 5.02 Å². The highest BCUT2D eigenvalue weighted by Crippen LogP contribution is 2.41. The number of halogens is 1. The molecule has 0 radical (unpaired) electrons. The van der Waals surface area contributed by atoms with Crippen LogP contribution in [0.3, 0.4) is 0 Å². The fourth-order valence-electron chi connectivity index (χ4n) is 3.63. The molecule has 1 unspecified atom stereocenters. The van der Waals surface area contributed by atoms with Crippen LogP contribution >= 0.6 is 11.6 Å². The van der Waals surface area contributed by atoms with E-state index in [2.05, 4.69) is 6.07 Å². The first-order valence-electron chi connectivity index (χ1n) is 9.66. The molecule has 0 bridgehead atoms. The molecule has 0 aliphatic carbocycles. The number of Topliss-reactive ketones (excluding diaryl/α,β-unsaturated/α-hetero) is 1. The van der Waals surface area contributed by atoms with Crippen molar-refractivity contribution >= 4 is 28.2 Å². The number of methoxy groups -OCH3 is 1. The summed E-state index contributed by atoms with van der Waals surface area (Å²) in [5.41, 5.74) is 3.41. The summed E-state index contributed by atoms with van der Waals surface area (Å²) in [7, 11) is 1.66. The van der Waals surface area contributed by atoms with E-state index in [0.717, 1.165) is 38.8 Å². The molecule has 0 aliphatic rings. The molecule has 3 aromatic carbocycles. The molecule has 3 rings (SSSR count). The highest BCUT2D eigenvalue weighted by molar-refractivity contribution is 6.30. The zero-order valence-electron chi connectivity index (χ0n) is 17.8. The van der Waals surface area contributed by atoms with Gasteiger partial charge in [0.05, 0.1) is 12.7 Å². The van der Waals surface area contributed by atoms with Crippen molar-refractivity contribution in [3.05, 3.63) is 64.7 Å². The van der Waals surface area contributed by atoms with Gasteiger partial charge in [0.1, 0.15) is 11.9 Å². The maximum Gasteiger partial charge on any atom is 0.163 e. The number of benzene rings is 3. The van der Waals surface area contributed by atoms with Crippen molar-refractivity contribution in [3.8, 4) is 16.9 Å². The average molecular weight is 411 g/mol. The van der Waals surface area contributed by atoms with E-state index >= 15 is 0 Å². The Morgan fingerprint density at radius 2 is 1.69 bits per heavy atom. The van der Waals surface area contributed by atoms with Gasteiger partial charge in [0.2, 0.25) is 0 Å². The molecule has 3 aromatic rings. The zero-order chi connectivity index (χ0) is 21.3. The first-order chi connectivity index (χ1) is 13.6. The normalized spacial score (nSPS) is 12.8. The van der Waals surface area contributed by atoms with Crippen LogP contribution in [-0.2, 0) is 9.53 Å². The molecular formula is C25H27ClO3. The second-order valence-corrected chi connectivity index (χ2v) is 8.73. The minimum atomic E-state index is -0.660. The van der Waals surface area contributed by atoms with Gasteiger partial charge >= 0.3 is 0 Å². The van der Waals surface area contributed by atoms with Crippen LogP contribution in [0.25, 0.3) is 21.9 Å². The Kier molecular flexibility index (Phi) is 6.02. The highest BCUT2D eigenvalue weighted by atomic mass is 35.5. The molecule has 0 spiro atoms. The van der Waals surface area contributed by atoms with Gasteiger partial charge in [0.15, 0.2) is 5.78 Å². The van der Waals surface area contributed by atoms with Crippen molar-refractivity contribution < 1.29 is 14.3 Å². The Balaban J connectivity index is 2.38. The smallest absolute Gasteiger partial charge is 0.163 e. The topological polar surface area (TPSA) is 35.5 Å². The predicted molar refractivity (Wildman–Crippen MR) is 120 cm³/mol. The Morgan fingerprint density at radius 1 is 1.03 bits per heavy atom. The van der Waals surface area contributed by atoms with Crippen LogP contribution < -0.4 is 4.74 Å². The van der Waals surface area contributed by atoms with Crippen LogP contribution in [0.2, 0.25) is 5.02 Å². The lowest BCUT2D eigenvalue weighted by atomic mass is 9.86. The van der Waals surface area contributed by atoms with E-state index in [1.54, 1.807) is 14.0 Å². The second-order valence-electron chi connectivity index (χ2n) is 8.30. The van der Waals surface area contributed by atoms with Crippen LogP contribution in [0.5, 0.6) is 5.75 Å². The van der Waals surface area contributed by atoms with Crippen LogP contribution in [0, 0.1) is 6.92 Å². The number of ether oxygens (including phenoxy) is 2. The number of rotatable bonds is 5. The van der Waals surface area contributed by atoms with E-state index in [1.165, 1.54) is 0 Å². The first-order valence-corrected chi connectivity index (χ1v) is 10.0. The van der Waals surface area contributed by atoms with Crippen molar-refractivity contribution in [2.45, 2.75) is 46.3 Å². The fourth-order valence-corrected chi connectivity index (χ4v) is 3.76. The number of carbonyl (C=O) groups excluding carboxylic acids is 1. The van der Waals surface area contributed by atoms with Gasteiger partial charge in [-0.2, -0.15) is 0 Å². The Morgan fingerprint density at radius 3 is 2.24 bits per heavy atom. The van der Waals surface area contributed by atoms with E-state index in [-0.39, 0.29) is 5.78 Å². The van der Waals surface area contributed by atoms with Crippen LogP contribution in [0.15, 0.2) is 48.5 Å². The second kappa shape index (κ2) is 8.17. The number of aryl methyl sites for hydroxylation is 1. The van der Waals surface area contributed by atoms with E-state index in [9.17, 15) is 4.79 Å². The number of hydrogen-bond acceptors (Lipinski definition) is 3. The summed E-state index contributed by atoms with van der Waals surface area (Å²) in [6.07, 6.45) is -0.660. The summed E-state index contributed by atoms with van der Waals surface area (Å²) in [5.74, 6) is 0.770. The van der Waals surface area contributed by atoms with Gasteiger partial charge in [-0.15, -0.1) is 0 Å². The van der Waals surface area contributed by atoms with Crippen LogP contribution in [-0.4, -0.2) is 18.5 Å². The lowest BCUT2D eigenvalue weighted by Crippen LogP contribution is -2.27. The molecule has 4 heteroatoms. The number of ketones is 1. The molecule has 29 heavy (non-hydrogen) atoms. The number of carbonyl (C=O) groups is 1. The van der Waals surface area contributed by atoms with Crippen LogP contribution in [0.1, 0.15) is 44.9 Å². The molecule has 3 nitrogen and oxygen atoms in total. The van der Waals surface area contributed by atoms with Gasteiger partial charge in [-0.1, -0.05) is 35.9 Å². The van der Waals surface area contributed by atoms with E-state index in [1.807, 2.05) is 70.2 Å². The first kappa shape index (κ1) is 21.4. The highest BCUT2D eigenvalue weighted by Gasteiger charge is 2.29. The SMILES string of the molecule is COc1ccc2c(-c3ccc(Cl)cc3)c(C(OC(C)(C)C)C(C)=O)c(C)cc2c1. The van der Waals surface area contributed by atoms with Gasteiger partial charge in [0.25, 0.3) is 0 Å². The average Bonchev–Trinajstić information content (AvgIpc) is 2.64. The molecule has 0 aliphatic heterocycles. The Bertz CT molecular complexity index is 1050. The predicted octanol–water partition coefficient (Wildman–Crippen LogP) is 6.92. The molecule has 0 N–H and O–H groups in total. The monoisotopic (exact) mass is 410 g/mol. The number of hydrogen-bond donors (Lipinski definition) is 0. The quantitative estimate of drug-likeness (QED) is 0.457. The lowest BCUT2D eigenvalue weighted by Gasteiger charge is -2.29. The molecule has 152 valence electrons. The zero-order valence-corrected chi connectivity index (χ0v) is 18.6. The summed E-state index contributed by atoms with van der Waals surface area (Å²) in [5, 5.41) is 2.76. The van der Waals surface area contributed by atoms with E-state index in [0.29, 0.717) is 5.02 Å². The van der Waals surface area contributed by atoms with Gasteiger partial charge in [-0.3, -0.25) is 4.79 Å². The van der Waals surface area contributed by atoms with Crippen LogP contribution in [0.4, 0.5) is 0 Å². The molecule has 0 heterocycles. The summed E-state index contributed by atoms with van der Waals surface area (Å²) in [6.45, 7) is 9.50. The van der Waals surface area contributed by atoms with Crippen molar-refractivity contribution in [1.82, 2.24) is 0 Å². The number of fused-ring (bicyclic) bond motifs is 1. The molecule has 1 atom stereocenters. The minimum Gasteiger partial charge on any atom is -0.497 e. The molecule has 0 fully saturated rings. The lowest BCUT2D eigenvalue weighted by molar-refractivity contribution is -0.138. The van der Waals surface area contributed by atoms with Gasteiger partial charge < -0.3 is 9.47 Å². The maximum atomic E-state index is 12.7. The molecule has 0 saturated heterocycles. The summed E-state index contributed by atoms with van der Waals surface area (Å²) < 4.78 is 11.7. The Hall–Kier alpha value is -2.36. The Labute approximate surface area is 177 Å². The summed E-state index contributed by atoms with van der Waals surface area (Å²) >= 11 is 6.13. The van der Waals surface area contributed by atoms with Crippen molar-refractivity contribution in [1.29, 1.82) is 0 Å². The summed E-state index contributed by atoms with van der Waals surface area (Å²) in [4.78, 5) is 12.7. The van der Waals surface area contributed by atoms with E-state index < -0.39 is 11.7 Å². The standard InChI is InChI=1S/C25H27ClO3/c1-15-13-18-14-20(28-6)11-12-21(18)23(17-7-9-19(26)10-8-17)22(15)24(16(2)27)29-25(3,4)5/h7-14,24H,1-6H3. The maximum absolute atomic E-state index is 12.7. The van der Waals surface area contributed by atoms with Crippen molar-refractivity contribution in [3.63, 3.8) is 0 Å². The largest absolute Gasteiger partial charge is 0.497 e. The third kappa shape index (κ3) is 4.63. The van der Waals surface area contributed by atoms with Crippen molar-refractivity contribution in [2.24, 2.45) is 0 Å². The van der Waals surface area contributed by atoms with Gasteiger partial charge in [-0.25, -0.2) is 0 Å². The van der Waals surface area contributed by atoms with Crippen molar-refractivity contribution in [2.75, 3.05) is 7.11 Å². The molecule has 0 aromatic heterocycles. The third-order valence-corrected chi connectivity index (χ3v) is 5.08. The molecular weight excluding hydrogens is 384 g/mol. The molecule has 0 saturated carbocycles. The summed E-state index contributed by atoms with van der Waals surface area (Å²) in [6, 6.07) is 15.8.